The van der Waals surface area contributed by atoms with Crippen LogP contribution in [0.2, 0.25) is 0 Å². The molecule has 0 atom stereocenters. The summed E-state index contributed by atoms with van der Waals surface area (Å²) in [6.45, 7) is 0. The Kier molecular flexibility index (Phi) is 7.67. The number of benzene rings is 3. The number of halogens is 6. The summed E-state index contributed by atoms with van der Waals surface area (Å²) in [6.07, 6.45) is -5.37. The van der Waals surface area contributed by atoms with Crippen molar-refractivity contribution in [2.24, 2.45) is 5.73 Å². The van der Waals surface area contributed by atoms with E-state index in [1.165, 1.54) is 48.6 Å². The highest BCUT2D eigenvalue weighted by Gasteiger charge is 2.31. The van der Waals surface area contributed by atoms with Crippen LogP contribution < -0.4 is 11.1 Å². The second-order valence-corrected chi connectivity index (χ2v) is 7.49. The Balaban J connectivity index is 1.93. The van der Waals surface area contributed by atoms with Gasteiger partial charge < -0.3 is 11.1 Å². The monoisotopic (exact) mass is 504 g/mol. The van der Waals surface area contributed by atoms with E-state index < -0.39 is 35.3 Å². The fourth-order valence-corrected chi connectivity index (χ4v) is 3.25. The SMILES string of the molecule is NC(=O)c1ccccc1NC(=O)/C=C/C=C(c1ccc(C(F)(F)F)cc1)c1ccc(C(F)(F)F)cc1. The molecule has 0 fully saturated rings. The van der Waals surface area contributed by atoms with Crippen LogP contribution in [0.4, 0.5) is 32.0 Å². The van der Waals surface area contributed by atoms with Gasteiger partial charge in [0.25, 0.3) is 5.91 Å². The predicted molar refractivity (Wildman–Crippen MR) is 123 cm³/mol. The highest BCUT2D eigenvalue weighted by Crippen LogP contribution is 2.33. The standard InChI is InChI=1S/C26H18F6N2O2/c27-25(28,29)18-12-8-16(9-13-18)20(17-10-14-19(15-11-17)26(30,31)32)5-3-7-23(35)34-22-6-2-1-4-21(22)24(33)36/h1-15H,(H2,33,36)(H,34,35)/b7-3+. The summed E-state index contributed by atoms with van der Waals surface area (Å²) < 4.78 is 77.7. The van der Waals surface area contributed by atoms with E-state index in [2.05, 4.69) is 5.32 Å². The summed E-state index contributed by atoms with van der Waals surface area (Å²) in [6, 6.07) is 14.2. The van der Waals surface area contributed by atoms with Crippen LogP contribution in [0, 0.1) is 0 Å². The second-order valence-electron chi connectivity index (χ2n) is 7.49. The molecule has 3 aromatic rings. The number of primary amides is 1. The average Bonchev–Trinajstić information content (AvgIpc) is 2.81. The second kappa shape index (κ2) is 10.5. The number of para-hydroxylation sites is 1. The van der Waals surface area contributed by atoms with Gasteiger partial charge >= 0.3 is 12.4 Å². The van der Waals surface area contributed by atoms with Gasteiger partial charge in [-0.2, -0.15) is 26.3 Å². The Morgan fingerprint density at radius 3 is 1.64 bits per heavy atom. The first-order valence-corrected chi connectivity index (χ1v) is 10.3. The number of carbonyl (C=O) groups excluding carboxylic acids is 2. The molecule has 0 unspecified atom stereocenters. The largest absolute Gasteiger partial charge is 0.416 e. The number of anilines is 1. The van der Waals surface area contributed by atoms with Crippen molar-refractivity contribution in [1.82, 2.24) is 0 Å². The molecule has 0 aliphatic carbocycles. The predicted octanol–water partition coefficient (Wildman–Crippen LogP) is 6.45. The van der Waals surface area contributed by atoms with E-state index in [1.54, 1.807) is 12.1 Å². The van der Waals surface area contributed by atoms with Crippen LogP contribution in [0.15, 0.2) is 91.0 Å². The van der Waals surface area contributed by atoms with Crippen molar-refractivity contribution >= 4 is 23.1 Å². The Labute approximate surface area is 201 Å². The third kappa shape index (κ3) is 6.62. The van der Waals surface area contributed by atoms with Crippen molar-refractivity contribution < 1.29 is 35.9 Å². The van der Waals surface area contributed by atoms with Crippen LogP contribution in [-0.2, 0) is 17.1 Å². The molecule has 2 amide bonds. The van der Waals surface area contributed by atoms with Gasteiger partial charge in [-0.1, -0.05) is 48.6 Å². The lowest BCUT2D eigenvalue weighted by atomic mass is 9.95. The summed E-state index contributed by atoms with van der Waals surface area (Å²) in [7, 11) is 0. The smallest absolute Gasteiger partial charge is 0.366 e. The number of hydrogen-bond donors (Lipinski definition) is 2. The van der Waals surface area contributed by atoms with E-state index >= 15 is 0 Å². The minimum atomic E-state index is -4.56. The Morgan fingerprint density at radius 1 is 0.722 bits per heavy atom. The Bertz CT molecular complexity index is 1250. The van der Waals surface area contributed by atoms with E-state index in [-0.39, 0.29) is 28.0 Å². The van der Waals surface area contributed by atoms with Gasteiger partial charge in [0.2, 0.25) is 5.91 Å². The van der Waals surface area contributed by atoms with E-state index in [1.807, 2.05) is 0 Å². The van der Waals surface area contributed by atoms with Crippen LogP contribution in [0.3, 0.4) is 0 Å². The van der Waals surface area contributed by atoms with Crippen molar-refractivity contribution in [2.75, 3.05) is 5.32 Å². The van der Waals surface area contributed by atoms with Crippen molar-refractivity contribution in [3.63, 3.8) is 0 Å². The maximum atomic E-state index is 12.9. The van der Waals surface area contributed by atoms with Crippen molar-refractivity contribution in [2.45, 2.75) is 12.4 Å². The van der Waals surface area contributed by atoms with Crippen LogP contribution in [0.25, 0.3) is 5.57 Å². The molecular formula is C26H18F6N2O2. The fraction of sp³-hybridized carbons (Fsp3) is 0.0769. The maximum Gasteiger partial charge on any atom is 0.416 e. The lowest BCUT2D eigenvalue weighted by Gasteiger charge is -2.12. The van der Waals surface area contributed by atoms with Crippen LogP contribution in [0.1, 0.15) is 32.6 Å². The first-order valence-electron chi connectivity index (χ1n) is 10.3. The molecule has 4 nitrogen and oxygen atoms in total. The van der Waals surface area contributed by atoms with Gasteiger partial charge in [0.15, 0.2) is 0 Å². The summed E-state index contributed by atoms with van der Waals surface area (Å²) in [5.74, 6) is -1.39. The molecular weight excluding hydrogens is 486 g/mol. The fourth-order valence-electron chi connectivity index (χ4n) is 3.25. The number of allylic oxidation sites excluding steroid dienone is 2. The number of hydrogen-bond acceptors (Lipinski definition) is 2. The summed E-state index contributed by atoms with van der Waals surface area (Å²) in [5.41, 5.74) is 4.61. The van der Waals surface area contributed by atoms with Crippen LogP contribution in [0.5, 0.6) is 0 Å². The Hall–Kier alpha value is -4.34. The molecule has 10 heteroatoms. The van der Waals surface area contributed by atoms with Gasteiger partial charge in [0.05, 0.1) is 22.4 Å². The van der Waals surface area contributed by atoms with Gasteiger partial charge in [-0.15, -0.1) is 0 Å². The first-order chi connectivity index (χ1) is 16.9. The quantitative estimate of drug-likeness (QED) is 0.230. The zero-order valence-electron chi connectivity index (χ0n) is 18.3. The molecule has 3 N–H and O–H groups in total. The van der Waals surface area contributed by atoms with Crippen molar-refractivity contribution in [3.8, 4) is 0 Å². The van der Waals surface area contributed by atoms with Crippen molar-refractivity contribution in [3.05, 3.63) is 119 Å². The highest BCUT2D eigenvalue weighted by molar-refractivity contribution is 6.06. The molecule has 0 heterocycles. The number of nitrogens with one attached hydrogen (secondary N) is 1. The number of carbonyl (C=O) groups is 2. The number of rotatable bonds is 6. The van der Waals surface area contributed by atoms with Crippen molar-refractivity contribution in [1.29, 1.82) is 0 Å². The number of nitrogens with two attached hydrogens (primary N) is 1. The van der Waals surface area contributed by atoms with Gasteiger partial charge in [-0.25, -0.2) is 0 Å². The van der Waals surface area contributed by atoms with E-state index in [9.17, 15) is 35.9 Å². The molecule has 0 aromatic heterocycles. The van der Waals surface area contributed by atoms with Gasteiger partial charge in [0, 0.05) is 6.08 Å². The summed E-state index contributed by atoms with van der Waals surface area (Å²) >= 11 is 0. The van der Waals surface area contributed by atoms with Gasteiger partial charge in [-0.3, -0.25) is 9.59 Å². The zero-order chi connectivity index (χ0) is 26.5. The first kappa shape index (κ1) is 26.3. The van der Waals surface area contributed by atoms with Crippen LogP contribution in [-0.4, -0.2) is 11.8 Å². The third-order valence-electron chi connectivity index (χ3n) is 5.01. The molecule has 0 aliphatic rings. The maximum absolute atomic E-state index is 12.9. The highest BCUT2D eigenvalue weighted by atomic mass is 19.4. The minimum Gasteiger partial charge on any atom is -0.366 e. The lowest BCUT2D eigenvalue weighted by Crippen LogP contribution is -2.16. The molecule has 0 saturated carbocycles. The minimum absolute atomic E-state index is 0.0880. The molecule has 0 bridgehead atoms. The molecule has 0 spiro atoms. The molecule has 186 valence electrons. The van der Waals surface area contributed by atoms with E-state index in [0.717, 1.165) is 30.3 Å². The topological polar surface area (TPSA) is 72.2 Å². The molecule has 0 aliphatic heterocycles. The Morgan fingerprint density at radius 2 is 1.19 bits per heavy atom. The van der Waals surface area contributed by atoms with Crippen LogP contribution >= 0.6 is 0 Å². The van der Waals surface area contributed by atoms with E-state index in [0.29, 0.717) is 0 Å². The lowest BCUT2D eigenvalue weighted by molar-refractivity contribution is -0.138. The van der Waals surface area contributed by atoms with Gasteiger partial charge in [-0.05, 0) is 53.1 Å². The van der Waals surface area contributed by atoms with Gasteiger partial charge in [0.1, 0.15) is 0 Å². The molecule has 36 heavy (non-hydrogen) atoms. The van der Waals surface area contributed by atoms with E-state index in [4.69, 9.17) is 5.73 Å². The normalized spacial score (nSPS) is 11.8. The number of amides is 2. The summed E-state index contributed by atoms with van der Waals surface area (Å²) in [4.78, 5) is 23.8. The molecule has 0 saturated heterocycles. The third-order valence-corrected chi connectivity index (χ3v) is 5.01. The average molecular weight is 504 g/mol. The molecule has 0 radical (unpaired) electrons. The zero-order valence-corrected chi connectivity index (χ0v) is 18.3. The molecule has 3 rings (SSSR count). The number of alkyl halides is 6. The summed E-state index contributed by atoms with van der Waals surface area (Å²) in [5, 5.41) is 2.49. The molecule has 3 aromatic carbocycles.